The van der Waals surface area contributed by atoms with Gasteiger partial charge in [-0.2, -0.15) is 0 Å². The predicted molar refractivity (Wildman–Crippen MR) is 109 cm³/mol. The zero-order chi connectivity index (χ0) is 19.9. The van der Waals surface area contributed by atoms with Gasteiger partial charge in [0.25, 0.3) is 5.91 Å². The molecule has 3 rings (SSSR count). The van der Waals surface area contributed by atoms with Gasteiger partial charge in [0.2, 0.25) is 0 Å². The maximum atomic E-state index is 12.5. The van der Waals surface area contributed by atoms with Crippen molar-refractivity contribution in [2.24, 2.45) is 0 Å². The number of para-hydroxylation sites is 1. The number of anilines is 3. The van der Waals surface area contributed by atoms with Gasteiger partial charge in [-0.05, 0) is 55.8 Å². The van der Waals surface area contributed by atoms with E-state index in [0.717, 1.165) is 16.9 Å². The Morgan fingerprint density at radius 1 is 1.00 bits per heavy atom. The molecule has 142 valence electrons. The Labute approximate surface area is 163 Å². The number of pyridine rings is 1. The Balaban J connectivity index is 1.71. The fourth-order valence-corrected chi connectivity index (χ4v) is 2.66. The molecular formula is C22H21N3O3. The first kappa shape index (κ1) is 19.1. The summed E-state index contributed by atoms with van der Waals surface area (Å²) in [6.45, 7) is 4.01. The minimum atomic E-state index is -0.482. The molecule has 1 aromatic heterocycles. The number of esters is 1. The number of nitrogens with zero attached hydrogens (tertiary/aromatic N) is 1. The lowest BCUT2D eigenvalue weighted by atomic mass is 10.1. The lowest BCUT2D eigenvalue weighted by Crippen LogP contribution is -2.17. The lowest BCUT2D eigenvalue weighted by Gasteiger charge is -2.11. The zero-order valence-corrected chi connectivity index (χ0v) is 15.7. The van der Waals surface area contributed by atoms with Gasteiger partial charge in [0, 0.05) is 5.69 Å². The number of aromatic nitrogens is 1. The molecule has 0 fully saturated rings. The molecule has 1 heterocycles. The first-order valence-corrected chi connectivity index (χ1v) is 8.94. The van der Waals surface area contributed by atoms with Gasteiger partial charge in [0.1, 0.15) is 5.69 Å². The van der Waals surface area contributed by atoms with Gasteiger partial charge in [-0.3, -0.25) is 4.79 Å². The van der Waals surface area contributed by atoms with E-state index >= 15 is 0 Å². The second-order valence-corrected chi connectivity index (χ2v) is 6.15. The molecule has 0 saturated heterocycles. The second-order valence-electron chi connectivity index (χ2n) is 6.15. The Bertz CT molecular complexity index is 984. The third kappa shape index (κ3) is 4.73. The Hall–Kier alpha value is -3.67. The van der Waals surface area contributed by atoms with E-state index in [2.05, 4.69) is 15.6 Å². The van der Waals surface area contributed by atoms with Gasteiger partial charge in [-0.1, -0.05) is 24.3 Å². The number of nitrogens with one attached hydrogen (secondary N) is 2. The summed E-state index contributed by atoms with van der Waals surface area (Å²) in [7, 11) is 0. The molecule has 0 radical (unpaired) electrons. The molecule has 2 aromatic carbocycles. The van der Waals surface area contributed by atoms with Crippen LogP contribution in [0.1, 0.15) is 33.3 Å². The Morgan fingerprint density at radius 3 is 2.54 bits per heavy atom. The Morgan fingerprint density at radius 2 is 1.82 bits per heavy atom. The van der Waals surface area contributed by atoms with Gasteiger partial charge < -0.3 is 15.4 Å². The summed E-state index contributed by atoms with van der Waals surface area (Å²) in [6, 6.07) is 18.1. The highest BCUT2D eigenvalue weighted by Crippen LogP contribution is 2.19. The maximum absolute atomic E-state index is 12.5. The van der Waals surface area contributed by atoms with Crippen LogP contribution in [0.2, 0.25) is 0 Å². The van der Waals surface area contributed by atoms with Crippen LogP contribution in [0.15, 0.2) is 66.9 Å². The molecule has 0 atom stereocenters. The predicted octanol–water partition coefficient (Wildman–Crippen LogP) is 4.56. The van der Waals surface area contributed by atoms with E-state index in [0.29, 0.717) is 11.3 Å². The third-order valence-electron chi connectivity index (χ3n) is 3.97. The van der Waals surface area contributed by atoms with Crippen LogP contribution in [-0.4, -0.2) is 23.5 Å². The number of rotatable bonds is 6. The molecule has 0 spiro atoms. The topological polar surface area (TPSA) is 80.3 Å². The summed E-state index contributed by atoms with van der Waals surface area (Å²) in [5, 5.41) is 5.96. The van der Waals surface area contributed by atoms with Crippen LogP contribution in [0.4, 0.5) is 17.1 Å². The minimum absolute atomic E-state index is 0.244. The van der Waals surface area contributed by atoms with Gasteiger partial charge in [-0.15, -0.1) is 0 Å². The second kappa shape index (κ2) is 8.81. The fourth-order valence-electron chi connectivity index (χ4n) is 2.66. The molecule has 0 aliphatic carbocycles. The van der Waals surface area contributed by atoms with Crippen LogP contribution in [0.5, 0.6) is 0 Å². The summed E-state index contributed by atoms with van der Waals surface area (Å²) in [5.74, 6) is -0.886. The highest BCUT2D eigenvalue weighted by molar-refractivity contribution is 6.07. The minimum Gasteiger partial charge on any atom is -0.462 e. The fraction of sp³-hybridized carbons (Fsp3) is 0.136. The van der Waals surface area contributed by atoms with E-state index in [1.54, 1.807) is 49.5 Å². The van der Waals surface area contributed by atoms with Crippen molar-refractivity contribution in [2.75, 3.05) is 17.2 Å². The van der Waals surface area contributed by atoms with Crippen molar-refractivity contribution in [1.29, 1.82) is 0 Å². The van der Waals surface area contributed by atoms with Gasteiger partial charge >= 0.3 is 5.97 Å². The van der Waals surface area contributed by atoms with E-state index in [1.807, 2.05) is 31.2 Å². The summed E-state index contributed by atoms with van der Waals surface area (Å²) in [5.41, 5.74) is 3.80. The van der Waals surface area contributed by atoms with Crippen molar-refractivity contribution in [3.63, 3.8) is 0 Å². The third-order valence-corrected chi connectivity index (χ3v) is 3.97. The summed E-state index contributed by atoms with van der Waals surface area (Å²) in [6.07, 6.45) is 1.59. The van der Waals surface area contributed by atoms with E-state index in [9.17, 15) is 9.59 Å². The van der Waals surface area contributed by atoms with Crippen LogP contribution in [-0.2, 0) is 4.74 Å². The average Bonchev–Trinajstić information content (AvgIpc) is 2.69. The average molecular weight is 375 g/mol. The van der Waals surface area contributed by atoms with E-state index in [1.165, 1.54) is 0 Å². The maximum Gasteiger partial charge on any atom is 0.340 e. The van der Waals surface area contributed by atoms with Crippen LogP contribution in [0, 0.1) is 6.92 Å². The van der Waals surface area contributed by atoms with Crippen molar-refractivity contribution in [3.05, 3.63) is 83.7 Å². The van der Waals surface area contributed by atoms with Gasteiger partial charge in [-0.25, -0.2) is 9.78 Å². The number of ether oxygens (including phenoxy) is 1. The quantitative estimate of drug-likeness (QED) is 0.617. The molecule has 6 nitrogen and oxygen atoms in total. The van der Waals surface area contributed by atoms with Crippen molar-refractivity contribution in [3.8, 4) is 0 Å². The molecule has 2 N–H and O–H groups in total. The van der Waals surface area contributed by atoms with Gasteiger partial charge in [0.05, 0.1) is 29.7 Å². The normalized spacial score (nSPS) is 10.2. The first-order valence-electron chi connectivity index (χ1n) is 8.94. The standard InChI is InChI=1S/C22H21N3O3/c1-3-28-22(27)18-9-4-5-10-19(18)25-21(26)20-12-11-17(14-23-20)24-16-8-6-7-15(2)13-16/h4-14,24H,3H2,1-2H3,(H,25,26). The monoisotopic (exact) mass is 375 g/mol. The SMILES string of the molecule is CCOC(=O)c1ccccc1NC(=O)c1ccc(Nc2cccc(C)c2)cn1. The highest BCUT2D eigenvalue weighted by Gasteiger charge is 2.15. The van der Waals surface area contributed by atoms with Crippen LogP contribution in [0.3, 0.4) is 0 Å². The van der Waals surface area contributed by atoms with Crippen LogP contribution < -0.4 is 10.6 Å². The number of carbonyl (C=O) groups excluding carboxylic acids is 2. The molecule has 28 heavy (non-hydrogen) atoms. The summed E-state index contributed by atoms with van der Waals surface area (Å²) in [4.78, 5) is 28.8. The molecule has 0 aliphatic heterocycles. The first-order chi connectivity index (χ1) is 13.6. The molecular weight excluding hydrogens is 354 g/mol. The number of hydrogen-bond acceptors (Lipinski definition) is 5. The number of amides is 1. The molecule has 6 heteroatoms. The highest BCUT2D eigenvalue weighted by atomic mass is 16.5. The molecule has 0 bridgehead atoms. The molecule has 0 saturated carbocycles. The number of benzene rings is 2. The molecule has 3 aromatic rings. The van der Waals surface area contributed by atoms with Gasteiger partial charge in [0.15, 0.2) is 0 Å². The summed E-state index contributed by atoms with van der Waals surface area (Å²) >= 11 is 0. The van der Waals surface area contributed by atoms with Crippen molar-refractivity contribution in [1.82, 2.24) is 4.98 Å². The number of carbonyl (C=O) groups is 2. The zero-order valence-electron chi connectivity index (χ0n) is 15.7. The Kier molecular flexibility index (Phi) is 6.01. The number of aryl methyl sites for hydroxylation is 1. The van der Waals surface area contributed by atoms with E-state index < -0.39 is 11.9 Å². The van der Waals surface area contributed by atoms with E-state index in [4.69, 9.17) is 4.74 Å². The number of hydrogen-bond donors (Lipinski definition) is 2. The molecule has 0 aliphatic rings. The van der Waals surface area contributed by atoms with Crippen molar-refractivity contribution in [2.45, 2.75) is 13.8 Å². The van der Waals surface area contributed by atoms with Crippen LogP contribution >= 0.6 is 0 Å². The van der Waals surface area contributed by atoms with Crippen LogP contribution in [0.25, 0.3) is 0 Å². The molecule has 1 amide bonds. The smallest absolute Gasteiger partial charge is 0.340 e. The van der Waals surface area contributed by atoms with Crippen molar-refractivity contribution < 1.29 is 14.3 Å². The largest absolute Gasteiger partial charge is 0.462 e. The van der Waals surface area contributed by atoms with E-state index in [-0.39, 0.29) is 12.3 Å². The van der Waals surface area contributed by atoms with Crippen molar-refractivity contribution >= 4 is 28.9 Å². The lowest BCUT2D eigenvalue weighted by molar-refractivity contribution is 0.0527. The summed E-state index contributed by atoms with van der Waals surface area (Å²) < 4.78 is 5.02. The molecule has 0 unspecified atom stereocenters.